The van der Waals surface area contributed by atoms with Gasteiger partial charge in [0.1, 0.15) is 6.10 Å². The Kier molecular flexibility index (Phi) is 4.20. The smallest absolute Gasteiger partial charge is 0.290 e. The molecule has 0 saturated carbocycles. The van der Waals surface area contributed by atoms with Crippen molar-refractivity contribution >= 4 is 5.91 Å². The Labute approximate surface area is 121 Å². The fraction of sp³-hybridized carbons (Fsp3) is 0.429. The van der Waals surface area contributed by atoms with E-state index < -0.39 is 0 Å². The minimum absolute atomic E-state index is 0.00316. The maximum Gasteiger partial charge on any atom is 0.290 e. The number of amides is 1. The van der Waals surface area contributed by atoms with E-state index in [4.69, 9.17) is 9.26 Å². The van der Waals surface area contributed by atoms with Crippen molar-refractivity contribution in [3.8, 4) is 0 Å². The van der Waals surface area contributed by atoms with Gasteiger partial charge >= 0.3 is 0 Å². The van der Waals surface area contributed by atoms with E-state index in [9.17, 15) is 4.79 Å². The van der Waals surface area contributed by atoms with E-state index in [0.29, 0.717) is 12.4 Å². The van der Waals surface area contributed by atoms with Crippen LogP contribution in [0.4, 0.5) is 0 Å². The summed E-state index contributed by atoms with van der Waals surface area (Å²) in [5.41, 5.74) is 0.822. The average molecular weight is 288 g/mol. The van der Waals surface area contributed by atoms with Gasteiger partial charge < -0.3 is 14.6 Å². The molecule has 0 unspecified atom stereocenters. The fourth-order valence-corrected chi connectivity index (χ4v) is 2.17. The zero-order valence-corrected chi connectivity index (χ0v) is 11.5. The molecule has 1 atom stereocenters. The lowest BCUT2D eigenvalue weighted by Gasteiger charge is -2.21. The summed E-state index contributed by atoms with van der Waals surface area (Å²) in [7, 11) is 0. The highest BCUT2D eigenvalue weighted by atomic mass is 16.5. The Bertz CT molecular complexity index is 577. The molecule has 110 valence electrons. The first-order valence-electron chi connectivity index (χ1n) is 6.94. The molecule has 0 radical (unpaired) electrons. The molecule has 7 heteroatoms. The molecule has 1 fully saturated rings. The number of ether oxygens (including phenoxy) is 1. The van der Waals surface area contributed by atoms with Crippen LogP contribution in [0.3, 0.4) is 0 Å². The van der Waals surface area contributed by atoms with Crippen molar-refractivity contribution < 1.29 is 14.1 Å². The molecule has 2 aromatic rings. The molecule has 0 bridgehead atoms. The number of hydrogen-bond donors (Lipinski definition) is 1. The Balaban J connectivity index is 1.55. The fourth-order valence-electron chi connectivity index (χ4n) is 2.17. The standard InChI is InChI=1S/C14H16N4O3/c19-14(12-4-5-18-21-12)17-9-10-7-15-13(16-8-10)11-3-1-2-6-20-11/h4-5,7-8,11H,1-3,6,9H2,(H,17,19)/t11-/m1/s1. The first-order valence-corrected chi connectivity index (χ1v) is 6.94. The molecule has 0 aromatic carbocycles. The second-order valence-electron chi connectivity index (χ2n) is 4.86. The number of carbonyl (C=O) groups excluding carboxylic acids is 1. The van der Waals surface area contributed by atoms with Gasteiger partial charge in [-0.15, -0.1) is 0 Å². The molecule has 1 aliphatic rings. The second kappa shape index (κ2) is 6.45. The van der Waals surface area contributed by atoms with E-state index >= 15 is 0 Å². The van der Waals surface area contributed by atoms with Crippen LogP contribution in [-0.2, 0) is 11.3 Å². The molecule has 2 aromatic heterocycles. The molecule has 0 spiro atoms. The van der Waals surface area contributed by atoms with Gasteiger partial charge in [-0.3, -0.25) is 4.79 Å². The zero-order chi connectivity index (χ0) is 14.5. The van der Waals surface area contributed by atoms with Gasteiger partial charge in [-0.1, -0.05) is 5.16 Å². The summed E-state index contributed by atoms with van der Waals surface area (Å²) in [6, 6.07) is 1.51. The Hall–Kier alpha value is -2.28. The number of aromatic nitrogens is 3. The molecular formula is C14H16N4O3. The largest absolute Gasteiger partial charge is 0.370 e. The van der Waals surface area contributed by atoms with Crippen LogP contribution < -0.4 is 5.32 Å². The van der Waals surface area contributed by atoms with Crippen LogP contribution >= 0.6 is 0 Å². The molecule has 1 saturated heterocycles. The summed E-state index contributed by atoms with van der Waals surface area (Å²) in [5.74, 6) is 0.579. The van der Waals surface area contributed by atoms with E-state index in [-0.39, 0.29) is 17.8 Å². The Morgan fingerprint density at radius 2 is 2.19 bits per heavy atom. The van der Waals surface area contributed by atoms with Crippen molar-refractivity contribution in [2.75, 3.05) is 6.61 Å². The van der Waals surface area contributed by atoms with Crippen molar-refractivity contribution in [1.82, 2.24) is 20.4 Å². The first-order chi connectivity index (χ1) is 10.3. The van der Waals surface area contributed by atoms with Crippen molar-refractivity contribution in [3.05, 3.63) is 41.8 Å². The summed E-state index contributed by atoms with van der Waals surface area (Å²) >= 11 is 0. The van der Waals surface area contributed by atoms with Gasteiger partial charge in [0.25, 0.3) is 5.91 Å². The molecular weight excluding hydrogens is 272 g/mol. The zero-order valence-electron chi connectivity index (χ0n) is 11.5. The predicted molar refractivity (Wildman–Crippen MR) is 72.2 cm³/mol. The van der Waals surface area contributed by atoms with Crippen molar-refractivity contribution in [2.24, 2.45) is 0 Å². The summed E-state index contributed by atoms with van der Waals surface area (Å²) < 4.78 is 10.4. The molecule has 7 nitrogen and oxygen atoms in total. The van der Waals surface area contributed by atoms with Gasteiger partial charge in [0.15, 0.2) is 5.82 Å². The van der Waals surface area contributed by atoms with Crippen LogP contribution in [0.15, 0.2) is 29.2 Å². The van der Waals surface area contributed by atoms with Crippen LogP contribution in [0.2, 0.25) is 0 Å². The van der Waals surface area contributed by atoms with Crippen LogP contribution in [0.5, 0.6) is 0 Å². The monoisotopic (exact) mass is 288 g/mol. The normalized spacial score (nSPS) is 18.4. The van der Waals surface area contributed by atoms with E-state index in [1.165, 1.54) is 12.3 Å². The SMILES string of the molecule is O=C(NCc1cnc([C@H]2CCCCO2)nc1)c1ccno1. The topological polar surface area (TPSA) is 90.1 Å². The summed E-state index contributed by atoms with van der Waals surface area (Å²) in [5, 5.41) is 6.20. The van der Waals surface area contributed by atoms with Crippen LogP contribution in [0, 0.1) is 0 Å². The third kappa shape index (κ3) is 3.43. The maximum atomic E-state index is 11.7. The van der Waals surface area contributed by atoms with Crippen molar-refractivity contribution in [1.29, 1.82) is 0 Å². The van der Waals surface area contributed by atoms with Crippen LogP contribution in [0.25, 0.3) is 0 Å². The molecule has 3 heterocycles. The Morgan fingerprint density at radius 1 is 1.33 bits per heavy atom. The second-order valence-corrected chi connectivity index (χ2v) is 4.86. The van der Waals surface area contributed by atoms with Crippen molar-refractivity contribution in [3.63, 3.8) is 0 Å². The highest BCUT2D eigenvalue weighted by Crippen LogP contribution is 2.24. The Morgan fingerprint density at radius 3 is 2.86 bits per heavy atom. The molecule has 1 N–H and O–H groups in total. The lowest BCUT2D eigenvalue weighted by atomic mass is 10.1. The van der Waals surface area contributed by atoms with Gasteiger partial charge in [-0.2, -0.15) is 0 Å². The molecule has 21 heavy (non-hydrogen) atoms. The maximum absolute atomic E-state index is 11.7. The number of hydrogen-bond acceptors (Lipinski definition) is 6. The lowest BCUT2D eigenvalue weighted by molar-refractivity contribution is 0.00940. The highest BCUT2D eigenvalue weighted by Gasteiger charge is 2.18. The quantitative estimate of drug-likeness (QED) is 0.919. The van der Waals surface area contributed by atoms with Crippen LogP contribution in [-0.4, -0.2) is 27.6 Å². The van der Waals surface area contributed by atoms with Crippen molar-refractivity contribution in [2.45, 2.75) is 31.9 Å². The summed E-state index contributed by atoms with van der Waals surface area (Å²) in [6.07, 6.45) is 8.04. The lowest BCUT2D eigenvalue weighted by Crippen LogP contribution is -2.22. The van der Waals surface area contributed by atoms with E-state index in [1.54, 1.807) is 12.4 Å². The number of nitrogens with one attached hydrogen (secondary N) is 1. The number of rotatable bonds is 4. The third-order valence-corrected chi connectivity index (χ3v) is 3.31. The van der Waals surface area contributed by atoms with Gasteiger partial charge in [-0.05, 0) is 19.3 Å². The van der Waals surface area contributed by atoms with Gasteiger partial charge in [0, 0.05) is 37.2 Å². The third-order valence-electron chi connectivity index (χ3n) is 3.31. The van der Waals surface area contributed by atoms with E-state index in [2.05, 4.69) is 20.4 Å². The average Bonchev–Trinajstić information content (AvgIpc) is 3.08. The molecule has 3 rings (SSSR count). The predicted octanol–water partition coefficient (Wildman–Crippen LogP) is 1.64. The highest BCUT2D eigenvalue weighted by molar-refractivity contribution is 5.91. The van der Waals surface area contributed by atoms with Gasteiger partial charge in [0.05, 0.1) is 6.20 Å². The minimum atomic E-state index is -0.313. The summed E-state index contributed by atoms with van der Waals surface area (Å²) in [6.45, 7) is 1.11. The molecule has 1 amide bonds. The van der Waals surface area contributed by atoms with Crippen LogP contribution in [0.1, 0.15) is 47.3 Å². The van der Waals surface area contributed by atoms with Gasteiger partial charge in [0.2, 0.25) is 5.76 Å². The van der Waals surface area contributed by atoms with Gasteiger partial charge in [-0.25, -0.2) is 9.97 Å². The minimum Gasteiger partial charge on any atom is -0.370 e. The van der Waals surface area contributed by atoms with E-state index in [0.717, 1.165) is 31.4 Å². The van der Waals surface area contributed by atoms with E-state index in [1.807, 2.05) is 0 Å². The summed E-state index contributed by atoms with van der Waals surface area (Å²) in [4.78, 5) is 20.3. The number of nitrogens with zero attached hydrogens (tertiary/aromatic N) is 3. The number of carbonyl (C=O) groups is 1. The molecule has 0 aliphatic carbocycles. The molecule has 1 aliphatic heterocycles. The first kappa shape index (κ1) is 13.7.